The molecule has 25 heavy (non-hydrogen) atoms. The van der Waals surface area contributed by atoms with Crippen LogP contribution in [0.3, 0.4) is 0 Å². The predicted molar refractivity (Wildman–Crippen MR) is 89.8 cm³/mol. The van der Waals surface area contributed by atoms with E-state index in [1.54, 1.807) is 18.2 Å². The van der Waals surface area contributed by atoms with Gasteiger partial charge in [0.15, 0.2) is 0 Å². The molecule has 2 aromatic rings. The van der Waals surface area contributed by atoms with Crippen molar-refractivity contribution >= 4 is 23.2 Å². The van der Waals surface area contributed by atoms with E-state index in [1.807, 2.05) is 13.0 Å². The third-order valence-corrected chi connectivity index (χ3v) is 3.35. The number of halogens is 1. The Morgan fingerprint density at radius 1 is 1.20 bits per heavy atom. The number of carbonyl (C=O) groups excluding carboxylic acids is 2. The first-order valence-corrected chi connectivity index (χ1v) is 7.45. The summed E-state index contributed by atoms with van der Waals surface area (Å²) in [5.74, 6) is -1.66. The van der Waals surface area contributed by atoms with Crippen LogP contribution in [0.2, 0.25) is 0 Å². The Morgan fingerprint density at radius 3 is 2.64 bits per heavy atom. The van der Waals surface area contributed by atoms with Gasteiger partial charge in [0.25, 0.3) is 11.6 Å². The fourth-order valence-corrected chi connectivity index (χ4v) is 2.11. The zero-order valence-corrected chi connectivity index (χ0v) is 13.4. The van der Waals surface area contributed by atoms with Crippen molar-refractivity contribution in [2.75, 3.05) is 11.9 Å². The van der Waals surface area contributed by atoms with Gasteiger partial charge in [-0.05, 0) is 25.1 Å². The minimum Gasteiger partial charge on any atom is -0.352 e. The van der Waals surface area contributed by atoms with Crippen LogP contribution in [0.5, 0.6) is 0 Å². The lowest BCUT2D eigenvalue weighted by Gasteiger charge is -2.08. The summed E-state index contributed by atoms with van der Waals surface area (Å²) in [5, 5.41) is 15.5. The summed E-state index contributed by atoms with van der Waals surface area (Å²) in [6.07, 6.45) is -0.0975. The molecule has 2 aromatic carbocycles. The Hall–Kier alpha value is -3.29. The van der Waals surface area contributed by atoms with Gasteiger partial charge < -0.3 is 10.6 Å². The summed E-state index contributed by atoms with van der Waals surface area (Å²) in [4.78, 5) is 33.7. The highest BCUT2D eigenvalue weighted by Crippen LogP contribution is 2.21. The molecule has 0 saturated heterocycles. The summed E-state index contributed by atoms with van der Waals surface area (Å²) in [5.41, 5.74) is 0.810. The molecule has 0 fully saturated rings. The molecule has 0 spiro atoms. The van der Waals surface area contributed by atoms with E-state index in [4.69, 9.17) is 0 Å². The molecule has 0 unspecified atom stereocenters. The zero-order valence-electron chi connectivity index (χ0n) is 13.4. The van der Waals surface area contributed by atoms with Crippen LogP contribution in [0.15, 0.2) is 42.5 Å². The molecule has 0 aliphatic carbocycles. The molecule has 0 aliphatic rings. The standard InChI is InChI=1S/C17H16FN3O4/c1-11-3-2-4-12(9-11)17(23)19-8-7-16(22)20-15-10-13(21(24)25)5-6-14(15)18/h2-6,9-10H,7-8H2,1H3,(H,19,23)(H,20,22). The van der Waals surface area contributed by atoms with Crippen LogP contribution < -0.4 is 10.6 Å². The van der Waals surface area contributed by atoms with E-state index in [0.29, 0.717) is 5.56 Å². The number of nitrogens with zero attached hydrogens (tertiary/aromatic N) is 1. The van der Waals surface area contributed by atoms with Gasteiger partial charge in [-0.1, -0.05) is 17.7 Å². The Morgan fingerprint density at radius 2 is 1.96 bits per heavy atom. The second-order valence-corrected chi connectivity index (χ2v) is 5.34. The van der Waals surface area contributed by atoms with Gasteiger partial charge in [0.1, 0.15) is 5.82 Å². The first kappa shape index (κ1) is 18.1. The molecular formula is C17H16FN3O4. The number of non-ortho nitro benzene ring substituents is 1. The number of rotatable bonds is 6. The number of amides is 2. The van der Waals surface area contributed by atoms with Gasteiger partial charge >= 0.3 is 0 Å². The van der Waals surface area contributed by atoms with E-state index in [1.165, 1.54) is 0 Å². The van der Waals surface area contributed by atoms with Crippen LogP contribution in [0.1, 0.15) is 22.3 Å². The topological polar surface area (TPSA) is 101 Å². The highest BCUT2D eigenvalue weighted by molar-refractivity contribution is 5.95. The van der Waals surface area contributed by atoms with Crippen molar-refractivity contribution < 1.29 is 18.9 Å². The molecule has 0 bridgehead atoms. The van der Waals surface area contributed by atoms with Crippen molar-refractivity contribution in [2.24, 2.45) is 0 Å². The minimum absolute atomic E-state index is 0.0507. The second kappa shape index (κ2) is 8.00. The molecular weight excluding hydrogens is 329 g/mol. The van der Waals surface area contributed by atoms with Gasteiger partial charge in [-0.2, -0.15) is 0 Å². The number of carbonyl (C=O) groups is 2. The van der Waals surface area contributed by atoms with Crippen molar-refractivity contribution in [2.45, 2.75) is 13.3 Å². The zero-order chi connectivity index (χ0) is 18.4. The number of hydrogen-bond donors (Lipinski definition) is 2. The van der Waals surface area contributed by atoms with Crippen molar-refractivity contribution in [3.63, 3.8) is 0 Å². The van der Waals surface area contributed by atoms with Gasteiger partial charge in [0, 0.05) is 30.7 Å². The third kappa shape index (κ3) is 5.10. The monoisotopic (exact) mass is 345 g/mol. The van der Waals surface area contributed by atoms with Crippen LogP contribution in [0, 0.1) is 22.9 Å². The van der Waals surface area contributed by atoms with Crippen LogP contribution in [-0.4, -0.2) is 23.3 Å². The number of hydrogen-bond acceptors (Lipinski definition) is 4. The lowest BCUT2D eigenvalue weighted by Crippen LogP contribution is -2.27. The molecule has 2 rings (SSSR count). The maximum atomic E-state index is 13.6. The summed E-state index contributed by atoms with van der Waals surface area (Å²) in [6, 6.07) is 9.84. The Balaban J connectivity index is 1.88. The summed E-state index contributed by atoms with van der Waals surface area (Å²) in [6.45, 7) is 1.91. The van der Waals surface area contributed by atoms with E-state index in [-0.39, 0.29) is 30.2 Å². The minimum atomic E-state index is -0.775. The highest BCUT2D eigenvalue weighted by atomic mass is 19.1. The SMILES string of the molecule is Cc1cccc(C(=O)NCCC(=O)Nc2cc([N+](=O)[O-])ccc2F)c1. The van der Waals surface area contributed by atoms with Gasteiger partial charge in [-0.3, -0.25) is 19.7 Å². The van der Waals surface area contributed by atoms with E-state index < -0.39 is 16.6 Å². The molecule has 2 N–H and O–H groups in total. The van der Waals surface area contributed by atoms with Crippen molar-refractivity contribution in [1.82, 2.24) is 5.32 Å². The first-order valence-electron chi connectivity index (χ1n) is 7.45. The molecule has 2 amide bonds. The maximum Gasteiger partial charge on any atom is 0.271 e. The van der Waals surface area contributed by atoms with Crippen LogP contribution in [-0.2, 0) is 4.79 Å². The largest absolute Gasteiger partial charge is 0.352 e. The Bertz CT molecular complexity index is 823. The van der Waals surface area contributed by atoms with E-state index in [0.717, 1.165) is 23.8 Å². The summed E-state index contributed by atoms with van der Waals surface area (Å²) < 4.78 is 13.6. The molecule has 8 heteroatoms. The second-order valence-electron chi connectivity index (χ2n) is 5.34. The molecule has 0 aromatic heterocycles. The molecule has 0 radical (unpaired) electrons. The van der Waals surface area contributed by atoms with Gasteiger partial charge in [0.05, 0.1) is 10.6 Å². The number of nitro groups is 1. The van der Waals surface area contributed by atoms with Crippen molar-refractivity contribution in [3.8, 4) is 0 Å². The summed E-state index contributed by atoms with van der Waals surface area (Å²) >= 11 is 0. The van der Waals surface area contributed by atoms with Gasteiger partial charge in [-0.25, -0.2) is 4.39 Å². The maximum absolute atomic E-state index is 13.6. The van der Waals surface area contributed by atoms with Gasteiger partial charge in [-0.15, -0.1) is 0 Å². The lowest BCUT2D eigenvalue weighted by atomic mass is 10.1. The molecule has 0 saturated carbocycles. The molecule has 0 aliphatic heterocycles. The summed E-state index contributed by atoms with van der Waals surface area (Å²) in [7, 11) is 0. The molecule has 0 atom stereocenters. The average molecular weight is 345 g/mol. The number of nitrogens with one attached hydrogen (secondary N) is 2. The smallest absolute Gasteiger partial charge is 0.271 e. The van der Waals surface area contributed by atoms with Gasteiger partial charge in [0.2, 0.25) is 5.91 Å². The number of anilines is 1. The van der Waals surface area contributed by atoms with Crippen LogP contribution in [0.25, 0.3) is 0 Å². The Labute approximate surface area is 143 Å². The quantitative estimate of drug-likeness (QED) is 0.621. The Kier molecular flexibility index (Phi) is 5.78. The lowest BCUT2D eigenvalue weighted by molar-refractivity contribution is -0.384. The number of aryl methyl sites for hydroxylation is 1. The number of nitro benzene ring substituents is 1. The average Bonchev–Trinajstić information content (AvgIpc) is 2.56. The van der Waals surface area contributed by atoms with Crippen molar-refractivity contribution in [1.29, 1.82) is 0 Å². The van der Waals surface area contributed by atoms with E-state index in [2.05, 4.69) is 10.6 Å². The fourth-order valence-electron chi connectivity index (χ4n) is 2.11. The van der Waals surface area contributed by atoms with Crippen molar-refractivity contribution in [3.05, 3.63) is 69.5 Å². The van der Waals surface area contributed by atoms with Crippen LogP contribution in [0.4, 0.5) is 15.8 Å². The normalized spacial score (nSPS) is 10.2. The molecule has 0 heterocycles. The first-order chi connectivity index (χ1) is 11.9. The third-order valence-electron chi connectivity index (χ3n) is 3.35. The van der Waals surface area contributed by atoms with E-state index in [9.17, 15) is 24.1 Å². The number of benzene rings is 2. The van der Waals surface area contributed by atoms with E-state index >= 15 is 0 Å². The molecule has 7 nitrogen and oxygen atoms in total. The van der Waals surface area contributed by atoms with Crippen LogP contribution >= 0.6 is 0 Å². The predicted octanol–water partition coefficient (Wildman–Crippen LogP) is 2.80. The molecule has 130 valence electrons. The fraction of sp³-hybridized carbons (Fsp3) is 0.176. The highest BCUT2D eigenvalue weighted by Gasteiger charge is 2.13.